The Morgan fingerprint density at radius 1 is 1.31 bits per heavy atom. The van der Waals surface area contributed by atoms with Gasteiger partial charge in [0.05, 0.1) is 0 Å². The average Bonchev–Trinajstić information content (AvgIpc) is 2.19. The van der Waals surface area contributed by atoms with Crippen molar-refractivity contribution in [1.82, 2.24) is 0 Å². The van der Waals surface area contributed by atoms with E-state index >= 15 is 0 Å². The second-order valence-electron chi connectivity index (χ2n) is 3.86. The monoisotopic (exact) mass is 202 g/mol. The van der Waals surface area contributed by atoms with E-state index in [1.165, 1.54) is 32.1 Å². The van der Waals surface area contributed by atoms with E-state index in [1.54, 1.807) is 0 Å². The van der Waals surface area contributed by atoms with E-state index in [2.05, 4.69) is 0 Å². The highest BCUT2D eigenvalue weighted by atomic mass is 28.2. The van der Waals surface area contributed by atoms with Crippen molar-refractivity contribution >= 4 is 10.5 Å². The van der Waals surface area contributed by atoms with Crippen LogP contribution in [0.3, 0.4) is 0 Å². The average molecular weight is 202 g/mol. The van der Waals surface area contributed by atoms with E-state index in [1.807, 2.05) is 6.92 Å². The topological polar surface area (TPSA) is 18.5 Å². The Labute approximate surface area is 84.5 Å². The van der Waals surface area contributed by atoms with Crippen LogP contribution in [0.25, 0.3) is 0 Å². The first kappa shape index (κ1) is 11.2. The lowest BCUT2D eigenvalue weighted by Gasteiger charge is -2.25. The summed E-state index contributed by atoms with van der Waals surface area (Å²) in [6.07, 6.45) is 8.23. The quantitative estimate of drug-likeness (QED) is 0.498. The third-order valence-corrected chi connectivity index (χ3v) is 3.39. The minimum atomic E-state index is 0.0970. The summed E-state index contributed by atoms with van der Waals surface area (Å²) in [5.74, 6) is 0.860. The van der Waals surface area contributed by atoms with Crippen molar-refractivity contribution in [2.75, 3.05) is 6.61 Å². The van der Waals surface area contributed by atoms with Gasteiger partial charge in [-0.25, -0.2) is 0 Å². The maximum absolute atomic E-state index is 5.51. The van der Waals surface area contributed by atoms with Crippen LogP contribution in [0.2, 0.25) is 0 Å². The predicted molar refractivity (Wildman–Crippen MR) is 57.6 cm³/mol. The van der Waals surface area contributed by atoms with Crippen molar-refractivity contribution in [3.05, 3.63) is 0 Å². The molecule has 0 aliphatic heterocycles. The fourth-order valence-corrected chi connectivity index (χ4v) is 2.44. The molecule has 0 aromatic heterocycles. The third kappa shape index (κ3) is 4.25. The summed E-state index contributed by atoms with van der Waals surface area (Å²) < 4.78 is 10.9. The van der Waals surface area contributed by atoms with E-state index in [0.717, 1.165) is 29.4 Å². The molecular weight excluding hydrogens is 180 g/mol. The molecule has 1 unspecified atom stereocenters. The van der Waals surface area contributed by atoms with Gasteiger partial charge in [-0.05, 0) is 12.8 Å². The Hall–Kier alpha value is 0.137. The second kappa shape index (κ2) is 6.57. The molecule has 1 aliphatic rings. The van der Waals surface area contributed by atoms with Crippen LogP contribution in [0.5, 0.6) is 0 Å². The molecule has 0 amide bonds. The standard InChI is InChI=1S/C10H22O2Si/c1-2-11-10(12-13)8-9-6-4-3-5-7-9/h9-10H,2-8H2,1,13H3. The molecule has 3 heteroatoms. The van der Waals surface area contributed by atoms with Crippen LogP contribution in [0.1, 0.15) is 45.4 Å². The predicted octanol–water partition coefficient (Wildman–Crippen LogP) is 1.62. The normalized spacial score (nSPS) is 21.9. The minimum absolute atomic E-state index is 0.0970. The van der Waals surface area contributed by atoms with Crippen LogP contribution in [0, 0.1) is 5.92 Å². The van der Waals surface area contributed by atoms with Crippen molar-refractivity contribution in [3.8, 4) is 0 Å². The fraction of sp³-hybridized carbons (Fsp3) is 1.00. The largest absolute Gasteiger partial charge is 0.404 e. The Morgan fingerprint density at radius 2 is 2.00 bits per heavy atom. The Kier molecular flexibility index (Phi) is 5.67. The van der Waals surface area contributed by atoms with Gasteiger partial charge in [-0.2, -0.15) is 0 Å². The van der Waals surface area contributed by atoms with Crippen LogP contribution in [-0.4, -0.2) is 23.4 Å². The molecule has 1 aliphatic carbocycles. The van der Waals surface area contributed by atoms with Crippen molar-refractivity contribution in [1.29, 1.82) is 0 Å². The Balaban J connectivity index is 2.18. The molecule has 0 N–H and O–H groups in total. The summed E-state index contributed by atoms with van der Waals surface area (Å²) in [6, 6.07) is 0. The number of rotatable bonds is 5. The molecule has 0 aromatic carbocycles. The van der Waals surface area contributed by atoms with Gasteiger partial charge in [0.1, 0.15) is 16.8 Å². The fourth-order valence-electron chi connectivity index (χ4n) is 2.11. The zero-order chi connectivity index (χ0) is 9.52. The summed E-state index contributed by atoms with van der Waals surface area (Å²) in [4.78, 5) is 0. The maximum Gasteiger partial charge on any atom is 0.149 e. The van der Waals surface area contributed by atoms with Gasteiger partial charge in [-0.1, -0.05) is 32.1 Å². The highest BCUT2D eigenvalue weighted by molar-refractivity contribution is 5.98. The number of hydrogen-bond donors (Lipinski definition) is 0. The Morgan fingerprint density at radius 3 is 2.54 bits per heavy atom. The molecule has 0 bridgehead atoms. The highest BCUT2D eigenvalue weighted by Gasteiger charge is 2.18. The molecule has 0 spiro atoms. The molecule has 78 valence electrons. The smallest absolute Gasteiger partial charge is 0.149 e. The molecular formula is C10H22O2Si. The first-order chi connectivity index (χ1) is 6.36. The lowest BCUT2D eigenvalue weighted by Crippen LogP contribution is -2.21. The van der Waals surface area contributed by atoms with Crippen molar-refractivity contribution < 1.29 is 9.16 Å². The third-order valence-electron chi connectivity index (χ3n) is 2.87. The molecule has 1 atom stereocenters. The molecule has 1 rings (SSSR count). The molecule has 2 nitrogen and oxygen atoms in total. The summed E-state index contributed by atoms with van der Waals surface area (Å²) in [6.45, 7) is 2.81. The minimum Gasteiger partial charge on any atom is -0.404 e. The lowest BCUT2D eigenvalue weighted by molar-refractivity contribution is -0.0869. The van der Waals surface area contributed by atoms with Crippen LogP contribution in [0.4, 0.5) is 0 Å². The van der Waals surface area contributed by atoms with Gasteiger partial charge >= 0.3 is 0 Å². The first-order valence-electron chi connectivity index (χ1n) is 5.51. The Bertz CT molecular complexity index is 121. The summed E-state index contributed by atoms with van der Waals surface area (Å²) in [5, 5.41) is 0. The van der Waals surface area contributed by atoms with E-state index in [0.29, 0.717) is 0 Å². The van der Waals surface area contributed by atoms with E-state index in [4.69, 9.17) is 9.16 Å². The zero-order valence-corrected chi connectivity index (χ0v) is 10.9. The molecule has 0 radical (unpaired) electrons. The summed E-state index contributed by atoms with van der Waals surface area (Å²) >= 11 is 0. The van der Waals surface area contributed by atoms with E-state index in [-0.39, 0.29) is 6.29 Å². The van der Waals surface area contributed by atoms with Crippen LogP contribution >= 0.6 is 0 Å². The van der Waals surface area contributed by atoms with E-state index in [9.17, 15) is 0 Å². The highest BCUT2D eigenvalue weighted by Crippen LogP contribution is 2.27. The van der Waals surface area contributed by atoms with Crippen LogP contribution in [0.15, 0.2) is 0 Å². The van der Waals surface area contributed by atoms with Gasteiger partial charge in [0.25, 0.3) is 0 Å². The SMILES string of the molecule is CCOC(CC1CCCCC1)O[SiH3]. The lowest BCUT2D eigenvalue weighted by atomic mass is 9.87. The van der Waals surface area contributed by atoms with Gasteiger partial charge in [-0.15, -0.1) is 0 Å². The van der Waals surface area contributed by atoms with Crippen LogP contribution in [-0.2, 0) is 9.16 Å². The van der Waals surface area contributed by atoms with Gasteiger partial charge in [0.15, 0.2) is 0 Å². The number of ether oxygens (including phenoxy) is 1. The zero-order valence-electron chi connectivity index (χ0n) is 8.92. The summed E-state index contributed by atoms with van der Waals surface area (Å²) in [7, 11) is 0.792. The van der Waals surface area contributed by atoms with E-state index < -0.39 is 0 Å². The molecule has 13 heavy (non-hydrogen) atoms. The van der Waals surface area contributed by atoms with Gasteiger partial charge in [0.2, 0.25) is 0 Å². The van der Waals surface area contributed by atoms with Gasteiger partial charge in [-0.3, -0.25) is 0 Å². The van der Waals surface area contributed by atoms with Gasteiger partial charge in [0, 0.05) is 13.0 Å². The molecule has 0 aromatic rings. The maximum atomic E-state index is 5.51. The van der Waals surface area contributed by atoms with Gasteiger partial charge < -0.3 is 9.16 Å². The van der Waals surface area contributed by atoms with Crippen molar-refractivity contribution in [2.45, 2.75) is 51.7 Å². The molecule has 1 saturated carbocycles. The van der Waals surface area contributed by atoms with Crippen LogP contribution < -0.4 is 0 Å². The molecule has 0 saturated heterocycles. The summed E-state index contributed by atoms with van der Waals surface area (Å²) in [5.41, 5.74) is 0. The first-order valence-corrected chi connectivity index (χ1v) is 6.32. The van der Waals surface area contributed by atoms with Crippen molar-refractivity contribution in [2.24, 2.45) is 5.92 Å². The van der Waals surface area contributed by atoms with Crippen molar-refractivity contribution in [3.63, 3.8) is 0 Å². The number of hydrogen-bond acceptors (Lipinski definition) is 2. The molecule has 1 fully saturated rings. The second-order valence-corrected chi connectivity index (χ2v) is 4.33. The molecule has 0 heterocycles.